The molecule has 1 aliphatic rings. The summed E-state index contributed by atoms with van der Waals surface area (Å²) in [4.78, 5) is 34.6. The van der Waals surface area contributed by atoms with Crippen LogP contribution in [0.25, 0.3) is 0 Å². The number of nitrogens with one attached hydrogen (secondary N) is 1. The van der Waals surface area contributed by atoms with Crippen LogP contribution in [-0.2, 0) is 19.4 Å². The van der Waals surface area contributed by atoms with Crippen molar-refractivity contribution in [3.8, 4) is 0 Å². The molecule has 0 aliphatic carbocycles. The van der Waals surface area contributed by atoms with E-state index in [1.54, 1.807) is 0 Å². The van der Waals surface area contributed by atoms with Crippen LogP contribution in [0.3, 0.4) is 0 Å². The summed E-state index contributed by atoms with van der Waals surface area (Å²) in [7, 11) is -3.17. The first kappa shape index (κ1) is 17.2. The first-order chi connectivity index (χ1) is 9.71. The Balaban J connectivity index is 2.60. The van der Waals surface area contributed by atoms with Gasteiger partial charge in [-0.2, -0.15) is 0 Å². The van der Waals surface area contributed by atoms with Crippen molar-refractivity contribution < 1.29 is 33.0 Å². The fourth-order valence-corrected chi connectivity index (χ4v) is 3.18. The molecule has 1 atom stereocenters. The van der Waals surface area contributed by atoms with Gasteiger partial charge >= 0.3 is 18.0 Å². The van der Waals surface area contributed by atoms with Crippen LogP contribution in [0.4, 0.5) is 4.79 Å². The number of hydrogen-bond donors (Lipinski definition) is 3. The molecule has 0 aromatic carbocycles. The molecule has 0 saturated carbocycles. The second-order valence-electron chi connectivity index (χ2n) is 4.77. The number of nitrogens with zero attached hydrogens (tertiary/aromatic N) is 1. The average Bonchev–Trinajstić information content (AvgIpc) is 2.54. The van der Waals surface area contributed by atoms with Crippen LogP contribution in [0.2, 0.25) is 0 Å². The molecule has 9 nitrogen and oxygen atoms in total. The Morgan fingerprint density at radius 1 is 1.14 bits per heavy atom. The SMILES string of the molecule is O=C(O)CCC(NC(=O)N1CCCS(=O)(=O)CC1)C(=O)O. The molecule has 1 saturated heterocycles. The predicted octanol–water partition coefficient (Wildman–Crippen LogP) is -0.865. The van der Waals surface area contributed by atoms with Crippen molar-refractivity contribution in [3.05, 3.63) is 0 Å². The third-order valence-corrected chi connectivity index (χ3v) is 4.80. The number of aliphatic carboxylic acids is 2. The quantitative estimate of drug-likeness (QED) is 0.597. The molecule has 1 aliphatic heterocycles. The summed E-state index contributed by atoms with van der Waals surface area (Å²) in [5.74, 6) is -2.64. The van der Waals surface area contributed by atoms with Gasteiger partial charge < -0.3 is 20.4 Å². The van der Waals surface area contributed by atoms with Crippen molar-refractivity contribution in [2.75, 3.05) is 24.6 Å². The van der Waals surface area contributed by atoms with E-state index in [-0.39, 0.29) is 37.4 Å². The summed E-state index contributed by atoms with van der Waals surface area (Å²) in [6.45, 7) is 0.218. The van der Waals surface area contributed by atoms with Gasteiger partial charge in [-0.1, -0.05) is 0 Å². The lowest BCUT2D eigenvalue weighted by Crippen LogP contribution is -2.48. The maximum absolute atomic E-state index is 11.9. The lowest BCUT2D eigenvalue weighted by molar-refractivity contribution is -0.140. The van der Waals surface area contributed by atoms with E-state index in [1.807, 2.05) is 0 Å². The van der Waals surface area contributed by atoms with Gasteiger partial charge in [0.05, 0.1) is 11.5 Å². The number of urea groups is 1. The highest BCUT2D eigenvalue weighted by Crippen LogP contribution is 2.06. The normalized spacial score (nSPS) is 19.3. The van der Waals surface area contributed by atoms with E-state index >= 15 is 0 Å². The van der Waals surface area contributed by atoms with Crippen molar-refractivity contribution in [3.63, 3.8) is 0 Å². The maximum atomic E-state index is 11.9. The van der Waals surface area contributed by atoms with Crippen LogP contribution in [0, 0.1) is 0 Å². The van der Waals surface area contributed by atoms with E-state index in [2.05, 4.69) is 5.32 Å². The molecule has 0 aromatic rings. The zero-order valence-electron chi connectivity index (χ0n) is 11.3. The molecule has 120 valence electrons. The maximum Gasteiger partial charge on any atom is 0.326 e. The number of carbonyl (C=O) groups is 3. The predicted molar refractivity (Wildman–Crippen MR) is 71.7 cm³/mol. The third kappa shape index (κ3) is 5.98. The van der Waals surface area contributed by atoms with Gasteiger partial charge in [0.2, 0.25) is 0 Å². The highest BCUT2D eigenvalue weighted by molar-refractivity contribution is 7.91. The summed E-state index contributed by atoms with van der Waals surface area (Å²) in [5, 5.41) is 19.7. The van der Waals surface area contributed by atoms with Crippen LogP contribution >= 0.6 is 0 Å². The van der Waals surface area contributed by atoms with Gasteiger partial charge in [-0.3, -0.25) is 4.79 Å². The second kappa shape index (κ2) is 7.25. The minimum absolute atomic E-state index is 0.000559. The highest BCUT2D eigenvalue weighted by atomic mass is 32.2. The van der Waals surface area contributed by atoms with E-state index < -0.39 is 33.8 Å². The number of rotatable bonds is 5. The number of carboxylic acids is 2. The minimum atomic E-state index is -3.17. The molecule has 1 rings (SSSR count). The second-order valence-corrected chi connectivity index (χ2v) is 7.07. The zero-order valence-corrected chi connectivity index (χ0v) is 12.1. The van der Waals surface area contributed by atoms with Gasteiger partial charge in [0.1, 0.15) is 6.04 Å². The average molecular weight is 322 g/mol. The minimum Gasteiger partial charge on any atom is -0.481 e. The van der Waals surface area contributed by atoms with Gasteiger partial charge in [-0.05, 0) is 12.8 Å². The monoisotopic (exact) mass is 322 g/mol. The van der Waals surface area contributed by atoms with Gasteiger partial charge in [0.25, 0.3) is 0 Å². The number of carboxylic acid groups (broad SMARTS) is 2. The van der Waals surface area contributed by atoms with Crippen LogP contribution in [0.1, 0.15) is 19.3 Å². The van der Waals surface area contributed by atoms with Gasteiger partial charge in [0.15, 0.2) is 9.84 Å². The first-order valence-corrected chi connectivity index (χ1v) is 8.24. The van der Waals surface area contributed by atoms with Crippen molar-refractivity contribution in [1.82, 2.24) is 10.2 Å². The smallest absolute Gasteiger partial charge is 0.326 e. The molecule has 21 heavy (non-hydrogen) atoms. The molecule has 1 fully saturated rings. The fourth-order valence-electron chi connectivity index (χ4n) is 1.91. The summed E-state index contributed by atoms with van der Waals surface area (Å²) >= 11 is 0. The molecule has 3 N–H and O–H groups in total. The molecular weight excluding hydrogens is 304 g/mol. The number of hydrogen-bond acceptors (Lipinski definition) is 5. The van der Waals surface area contributed by atoms with E-state index in [0.29, 0.717) is 6.42 Å². The van der Waals surface area contributed by atoms with Crippen LogP contribution in [0.15, 0.2) is 0 Å². The molecular formula is C11H18N2O7S. The topological polar surface area (TPSA) is 141 Å². The standard InChI is InChI=1S/C11H18N2O7S/c14-9(15)3-2-8(10(16)17)12-11(18)13-4-1-6-21(19,20)7-5-13/h8H,1-7H2,(H,12,18)(H,14,15)(H,16,17). The molecule has 2 amide bonds. The van der Waals surface area contributed by atoms with Crippen molar-refractivity contribution >= 4 is 27.8 Å². The lowest BCUT2D eigenvalue weighted by atomic mass is 10.1. The summed E-state index contributed by atoms with van der Waals surface area (Å²) < 4.78 is 22.9. The Morgan fingerprint density at radius 2 is 1.81 bits per heavy atom. The summed E-state index contributed by atoms with van der Waals surface area (Å²) in [5.41, 5.74) is 0. The van der Waals surface area contributed by atoms with Gasteiger partial charge in [0, 0.05) is 19.5 Å². The first-order valence-electron chi connectivity index (χ1n) is 6.42. The number of sulfone groups is 1. The molecule has 1 unspecified atom stereocenters. The zero-order chi connectivity index (χ0) is 16.0. The highest BCUT2D eigenvalue weighted by Gasteiger charge is 2.26. The Morgan fingerprint density at radius 3 is 2.38 bits per heavy atom. The van der Waals surface area contributed by atoms with Crippen LogP contribution < -0.4 is 5.32 Å². The molecule has 10 heteroatoms. The molecule has 0 radical (unpaired) electrons. The molecule has 0 bridgehead atoms. The summed E-state index contributed by atoms with van der Waals surface area (Å²) in [6, 6.07) is -2.00. The third-order valence-electron chi connectivity index (χ3n) is 3.09. The molecule has 0 spiro atoms. The van der Waals surface area contributed by atoms with Crippen molar-refractivity contribution in [2.45, 2.75) is 25.3 Å². The van der Waals surface area contributed by atoms with Crippen molar-refractivity contribution in [2.24, 2.45) is 0 Å². The van der Waals surface area contributed by atoms with E-state index in [1.165, 1.54) is 4.90 Å². The Hall–Kier alpha value is -1.84. The van der Waals surface area contributed by atoms with E-state index in [0.717, 1.165) is 0 Å². The van der Waals surface area contributed by atoms with E-state index in [9.17, 15) is 22.8 Å². The fraction of sp³-hybridized carbons (Fsp3) is 0.727. The van der Waals surface area contributed by atoms with Crippen LogP contribution in [-0.4, -0.2) is 72.1 Å². The molecule has 0 aromatic heterocycles. The van der Waals surface area contributed by atoms with E-state index in [4.69, 9.17) is 10.2 Å². The van der Waals surface area contributed by atoms with Crippen molar-refractivity contribution in [1.29, 1.82) is 0 Å². The Kier molecular flexibility index (Phi) is 5.94. The molecule has 1 heterocycles. The van der Waals surface area contributed by atoms with Gasteiger partial charge in [-0.15, -0.1) is 0 Å². The summed E-state index contributed by atoms with van der Waals surface area (Å²) in [6.07, 6.45) is -0.323. The largest absolute Gasteiger partial charge is 0.481 e. The van der Waals surface area contributed by atoms with Crippen LogP contribution in [0.5, 0.6) is 0 Å². The lowest BCUT2D eigenvalue weighted by Gasteiger charge is -2.23. The Bertz CT molecular complexity index is 517. The number of carbonyl (C=O) groups excluding carboxylic acids is 1. The Labute approximate surface area is 121 Å². The van der Waals surface area contributed by atoms with Gasteiger partial charge in [-0.25, -0.2) is 18.0 Å². The number of amides is 2.